The molecule has 1 N–H and O–H groups in total. The van der Waals surface area contributed by atoms with E-state index in [4.69, 9.17) is 9.40 Å². The molecule has 2 aromatic carbocycles. The summed E-state index contributed by atoms with van der Waals surface area (Å²) in [5, 5.41) is 20.1. The molecule has 156 valence electrons. The molecule has 3 aromatic rings. The summed E-state index contributed by atoms with van der Waals surface area (Å²) in [6.07, 6.45) is 1.05. The van der Waals surface area contributed by atoms with Crippen LogP contribution in [-0.4, -0.2) is 48.2 Å². The molecule has 6 heteroatoms. The van der Waals surface area contributed by atoms with Crippen LogP contribution in [0.4, 0.5) is 5.69 Å². The fraction of sp³-hybridized carbons (Fsp3) is 0.417. The van der Waals surface area contributed by atoms with E-state index in [2.05, 4.69) is 30.0 Å². The quantitative estimate of drug-likeness (QED) is 0.682. The highest BCUT2D eigenvalue weighted by molar-refractivity contribution is 6.02. The lowest BCUT2D eigenvalue weighted by Gasteiger charge is -2.25. The number of hydrogen-bond donors (Lipinski definition) is 1. The van der Waals surface area contributed by atoms with Gasteiger partial charge in [0.15, 0.2) is 11.5 Å². The molecule has 0 amide bonds. The number of aromatic hydroxyl groups is 1. The summed E-state index contributed by atoms with van der Waals surface area (Å²) in [5.41, 5.74) is 5.46. The largest absolute Gasteiger partial charge is 0.508 e. The van der Waals surface area contributed by atoms with E-state index in [9.17, 15) is 10.4 Å². The zero-order chi connectivity index (χ0) is 21.6. The summed E-state index contributed by atoms with van der Waals surface area (Å²) in [6.45, 7) is 7.81. The van der Waals surface area contributed by atoms with Crippen molar-refractivity contribution in [3.63, 3.8) is 0 Å². The van der Waals surface area contributed by atoms with Crippen molar-refractivity contribution in [3.8, 4) is 22.9 Å². The number of oxazole rings is 1. The van der Waals surface area contributed by atoms with Crippen LogP contribution in [0.2, 0.25) is 0 Å². The molecule has 1 fully saturated rings. The van der Waals surface area contributed by atoms with Gasteiger partial charge in [-0.25, -0.2) is 4.98 Å². The molecule has 1 saturated heterocycles. The number of nitrogens with zero attached hydrogens (tertiary/aromatic N) is 4. The molecule has 0 bridgehead atoms. The number of nitriles is 1. The first-order valence-corrected chi connectivity index (χ1v) is 10.4. The van der Waals surface area contributed by atoms with Crippen LogP contribution in [0.1, 0.15) is 43.2 Å². The van der Waals surface area contributed by atoms with E-state index in [1.54, 1.807) is 12.1 Å². The lowest BCUT2D eigenvalue weighted by molar-refractivity contribution is 0.315. The number of rotatable bonds is 4. The van der Waals surface area contributed by atoms with E-state index < -0.39 is 0 Å². The Hall–Kier alpha value is -3.04. The molecule has 0 unspecified atom stereocenters. The van der Waals surface area contributed by atoms with Crippen LogP contribution in [0.5, 0.6) is 5.75 Å². The maximum atomic E-state index is 10.1. The Morgan fingerprint density at radius 1 is 1.33 bits per heavy atom. The molecular weight excluding hydrogens is 376 g/mol. The molecular formula is C24H28N4O2. The number of hydrogen-bond acceptors (Lipinski definition) is 6. The molecule has 0 aliphatic carbocycles. The summed E-state index contributed by atoms with van der Waals surface area (Å²) >= 11 is 0. The Balaban J connectivity index is 2.05. The highest BCUT2D eigenvalue weighted by atomic mass is 16.3. The Bertz CT molecular complexity index is 1140. The van der Waals surface area contributed by atoms with Crippen LogP contribution in [0, 0.1) is 18.3 Å². The normalized spacial score (nSPS) is 16.7. The van der Waals surface area contributed by atoms with Crippen molar-refractivity contribution >= 4 is 16.8 Å². The molecule has 1 atom stereocenters. The van der Waals surface area contributed by atoms with Gasteiger partial charge in [-0.3, -0.25) is 0 Å². The van der Waals surface area contributed by atoms with Crippen molar-refractivity contribution < 1.29 is 9.52 Å². The Morgan fingerprint density at radius 3 is 2.70 bits per heavy atom. The number of phenols is 1. The summed E-state index contributed by atoms with van der Waals surface area (Å²) in [5.74, 6) is 0.956. The molecule has 1 aliphatic rings. The molecule has 4 rings (SSSR count). The summed E-state index contributed by atoms with van der Waals surface area (Å²) in [4.78, 5) is 9.30. The van der Waals surface area contributed by atoms with Crippen molar-refractivity contribution in [2.45, 2.75) is 39.2 Å². The van der Waals surface area contributed by atoms with Gasteiger partial charge in [-0.15, -0.1) is 0 Å². The standard InChI is InChI=1S/C24H28N4O2/c1-14(2)24-26-21-19(12-25)15(3)20(16-7-6-8-18(29)11-16)22(23(21)30-24)28-10-9-17(13-28)27(4)5/h6-8,11,14,17,29H,9-10,13H2,1-5H3/t17-/m0/s1. The molecule has 1 aromatic heterocycles. The molecule has 2 heterocycles. The second-order valence-corrected chi connectivity index (χ2v) is 8.62. The van der Waals surface area contributed by atoms with Crippen molar-refractivity contribution in [1.29, 1.82) is 5.26 Å². The third kappa shape index (κ3) is 3.29. The van der Waals surface area contributed by atoms with Gasteiger partial charge in [-0.05, 0) is 50.7 Å². The Morgan fingerprint density at radius 2 is 2.10 bits per heavy atom. The van der Waals surface area contributed by atoms with Crippen molar-refractivity contribution in [2.24, 2.45) is 0 Å². The van der Waals surface area contributed by atoms with Crippen molar-refractivity contribution in [2.75, 3.05) is 32.1 Å². The zero-order valence-electron chi connectivity index (χ0n) is 18.2. The van der Waals surface area contributed by atoms with Gasteiger partial charge >= 0.3 is 0 Å². The van der Waals surface area contributed by atoms with Gasteiger partial charge in [-0.2, -0.15) is 5.26 Å². The minimum atomic E-state index is 0.120. The predicted octanol–water partition coefficient (Wildman–Crippen LogP) is 4.64. The second kappa shape index (κ2) is 7.66. The van der Waals surface area contributed by atoms with Gasteiger partial charge in [0.2, 0.25) is 0 Å². The topological polar surface area (TPSA) is 76.5 Å². The van der Waals surface area contributed by atoms with Crippen molar-refractivity contribution in [1.82, 2.24) is 9.88 Å². The summed E-state index contributed by atoms with van der Waals surface area (Å²) in [6, 6.07) is 10.00. The SMILES string of the molecule is Cc1c(-c2cccc(O)c2)c(N2CC[C@H](N(C)C)C2)c2oc(C(C)C)nc2c1C#N. The monoisotopic (exact) mass is 404 g/mol. The third-order valence-corrected chi connectivity index (χ3v) is 6.03. The van der Waals surface area contributed by atoms with E-state index in [1.165, 1.54) is 0 Å². The van der Waals surface area contributed by atoms with Crippen LogP contribution < -0.4 is 4.90 Å². The first-order chi connectivity index (χ1) is 14.3. The maximum Gasteiger partial charge on any atom is 0.198 e. The van der Waals surface area contributed by atoms with Crippen LogP contribution in [0.15, 0.2) is 28.7 Å². The van der Waals surface area contributed by atoms with Crippen LogP contribution >= 0.6 is 0 Å². The molecule has 0 saturated carbocycles. The first-order valence-electron chi connectivity index (χ1n) is 10.4. The minimum absolute atomic E-state index is 0.120. The molecule has 0 radical (unpaired) electrons. The van der Waals surface area contributed by atoms with Crippen LogP contribution in [0.3, 0.4) is 0 Å². The van der Waals surface area contributed by atoms with Gasteiger partial charge in [0.1, 0.15) is 17.3 Å². The maximum absolute atomic E-state index is 10.1. The van der Waals surface area contributed by atoms with Gasteiger partial charge < -0.3 is 19.3 Å². The molecule has 1 aliphatic heterocycles. The molecule has 30 heavy (non-hydrogen) atoms. The highest BCUT2D eigenvalue weighted by Crippen LogP contribution is 2.45. The number of anilines is 1. The average molecular weight is 405 g/mol. The number of aromatic nitrogens is 1. The number of phenolic OH excluding ortho intramolecular Hbond substituents is 1. The number of likely N-dealkylation sites (N-methyl/N-ethyl adjacent to an activating group) is 1. The van der Waals surface area contributed by atoms with E-state index in [0.29, 0.717) is 28.6 Å². The van der Waals surface area contributed by atoms with Gasteiger partial charge in [0.25, 0.3) is 0 Å². The Kier molecular flexibility index (Phi) is 5.17. The van der Waals surface area contributed by atoms with Crippen LogP contribution in [-0.2, 0) is 0 Å². The van der Waals surface area contributed by atoms with E-state index in [1.807, 2.05) is 32.9 Å². The third-order valence-electron chi connectivity index (χ3n) is 6.03. The molecule has 0 spiro atoms. The number of benzene rings is 2. The minimum Gasteiger partial charge on any atom is -0.508 e. The van der Waals surface area contributed by atoms with Gasteiger partial charge in [0.05, 0.1) is 11.3 Å². The summed E-state index contributed by atoms with van der Waals surface area (Å²) < 4.78 is 6.28. The average Bonchev–Trinajstić information content (AvgIpc) is 3.35. The smallest absolute Gasteiger partial charge is 0.198 e. The lowest BCUT2D eigenvalue weighted by atomic mass is 9.93. The molecule has 6 nitrogen and oxygen atoms in total. The van der Waals surface area contributed by atoms with Gasteiger partial charge in [0, 0.05) is 30.6 Å². The number of fused-ring (bicyclic) bond motifs is 1. The van der Waals surface area contributed by atoms with E-state index in [0.717, 1.165) is 41.9 Å². The highest BCUT2D eigenvalue weighted by Gasteiger charge is 2.32. The van der Waals surface area contributed by atoms with Crippen LogP contribution in [0.25, 0.3) is 22.2 Å². The Labute approximate surface area is 177 Å². The second-order valence-electron chi connectivity index (χ2n) is 8.62. The zero-order valence-corrected chi connectivity index (χ0v) is 18.2. The lowest BCUT2D eigenvalue weighted by Crippen LogP contribution is -2.31. The predicted molar refractivity (Wildman–Crippen MR) is 119 cm³/mol. The fourth-order valence-electron chi connectivity index (χ4n) is 4.33. The van der Waals surface area contributed by atoms with E-state index in [-0.39, 0.29) is 11.7 Å². The van der Waals surface area contributed by atoms with Crippen molar-refractivity contribution in [3.05, 3.63) is 41.3 Å². The first kappa shape index (κ1) is 20.2. The van der Waals surface area contributed by atoms with E-state index >= 15 is 0 Å². The van der Waals surface area contributed by atoms with Gasteiger partial charge in [-0.1, -0.05) is 26.0 Å². The summed E-state index contributed by atoms with van der Waals surface area (Å²) in [7, 11) is 4.21. The fourth-order valence-corrected chi connectivity index (χ4v) is 4.33.